The van der Waals surface area contributed by atoms with Gasteiger partial charge in [0.25, 0.3) is 5.56 Å². The molecular weight excluding hydrogens is 524 g/mol. The quantitative estimate of drug-likeness (QED) is 0.173. The van der Waals surface area contributed by atoms with E-state index in [1.165, 1.54) is 11.1 Å². The van der Waals surface area contributed by atoms with Gasteiger partial charge >= 0.3 is 0 Å². The number of hydrogen-bond acceptors (Lipinski definition) is 6. The lowest BCUT2D eigenvalue weighted by Gasteiger charge is -2.23. The lowest BCUT2D eigenvalue weighted by atomic mass is 9.97. The predicted octanol–water partition coefficient (Wildman–Crippen LogP) is 4.74. The van der Waals surface area contributed by atoms with E-state index in [1.807, 2.05) is 36.5 Å². The molecule has 3 aromatic carbocycles. The van der Waals surface area contributed by atoms with Crippen molar-refractivity contribution in [2.45, 2.75) is 31.8 Å². The van der Waals surface area contributed by atoms with E-state index in [2.05, 4.69) is 51.5 Å². The van der Waals surface area contributed by atoms with Gasteiger partial charge in [-0.15, -0.1) is 0 Å². The average molecular weight is 563 g/mol. The molecule has 1 atom stereocenters. The molecule has 2 saturated heterocycles. The summed E-state index contributed by atoms with van der Waals surface area (Å²) < 4.78 is 1.69. The van der Waals surface area contributed by atoms with Crippen molar-refractivity contribution >= 4 is 22.9 Å². The number of rotatable bonds is 9. The summed E-state index contributed by atoms with van der Waals surface area (Å²) >= 11 is 0. The third-order valence-corrected chi connectivity index (χ3v) is 8.38. The molecule has 4 aromatic rings. The van der Waals surface area contributed by atoms with Gasteiger partial charge in [0.1, 0.15) is 11.5 Å². The first-order chi connectivity index (χ1) is 20.5. The average Bonchev–Trinajstić information content (AvgIpc) is 3.70. The minimum atomic E-state index is -0.206. The summed E-state index contributed by atoms with van der Waals surface area (Å²) in [6.07, 6.45) is 5.63. The summed E-state index contributed by atoms with van der Waals surface area (Å²) in [5.74, 6) is -0.0135. The first-order valence-corrected chi connectivity index (χ1v) is 14.8. The molecule has 42 heavy (non-hydrogen) atoms. The standard InChI is InChI=1S/C34H38N6O2/c35-33(36)26-7-5-8-27(22-26)37-32-31(39-17-3-4-18-39)16-21-40(34(32)42)28-12-10-25(11-13-28)30-9-2-1-6-24(30)14-19-38-20-15-29(41)23-38/h1-2,5-13,16,21-22,29,37,41H,3-4,14-15,17-20,23H2,(H3,35,36). The number of nitrogens with zero attached hydrogens (tertiary/aromatic N) is 3. The Labute approximate surface area is 246 Å². The molecule has 1 unspecified atom stereocenters. The molecule has 2 aliphatic rings. The molecule has 0 radical (unpaired) electrons. The molecular formula is C34H38N6O2. The van der Waals surface area contributed by atoms with Crippen molar-refractivity contribution in [1.82, 2.24) is 9.47 Å². The zero-order valence-corrected chi connectivity index (χ0v) is 23.8. The maximum atomic E-state index is 14.0. The Hall–Kier alpha value is -4.40. The van der Waals surface area contributed by atoms with E-state index >= 15 is 0 Å². The summed E-state index contributed by atoms with van der Waals surface area (Å²) in [4.78, 5) is 18.6. The van der Waals surface area contributed by atoms with Gasteiger partial charge in [-0.1, -0.05) is 48.5 Å². The number of benzene rings is 3. The second kappa shape index (κ2) is 12.2. The van der Waals surface area contributed by atoms with Crippen molar-refractivity contribution < 1.29 is 5.11 Å². The number of hydrogen-bond donors (Lipinski definition) is 4. The van der Waals surface area contributed by atoms with Gasteiger partial charge in [0.2, 0.25) is 0 Å². The zero-order chi connectivity index (χ0) is 29.1. The van der Waals surface area contributed by atoms with E-state index in [1.54, 1.807) is 16.7 Å². The molecule has 0 saturated carbocycles. The Morgan fingerprint density at radius 3 is 2.50 bits per heavy atom. The van der Waals surface area contributed by atoms with Crippen molar-refractivity contribution in [2.75, 3.05) is 42.9 Å². The van der Waals surface area contributed by atoms with E-state index in [9.17, 15) is 9.90 Å². The van der Waals surface area contributed by atoms with Crippen LogP contribution in [0.4, 0.5) is 17.1 Å². The summed E-state index contributed by atoms with van der Waals surface area (Å²) in [7, 11) is 0. The summed E-state index contributed by atoms with van der Waals surface area (Å²) in [5.41, 5.74) is 12.7. The van der Waals surface area contributed by atoms with Crippen molar-refractivity contribution in [1.29, 1.82) is 5.41 Å². The van der Waals surface area contributed by atoms with Gasteiger partial charge in [-0.25, -0.2) is 0 Å². The molecule has 0 amide bonds. The number of β-amino-alcohol motifs (C(OH)–C–C–N with tert-alkyl or cyclic N) is 1. The van der Waals surface area contributed by atoms with Crippen LogP contribution in [0.15, 0.2) is 89.9 Å². The maximum Gasteiger partial charge on any atom is 0.280 e. The maximum absolute atomic E-state index is 14.0. The van der Waals surface area contributed by atoms with E-state index in [4.69, 9.17) is 11.1 Å². The van der Waals surface area contributed by atoms with Gasteiger partial charge in [-0.05, 0) is 72.7 Å². The highest BCUT2D eigenvalue weighted by Crippen LogP contribution is 2.30. The van der Waals surface area contributed by atoms with Gasteiger partial charge in [-0.3, -0.25) is 14.8 Å². The minimum Gasteiger partial charge on any atom is -0.392 e. The molecule has 8 heteroatoms. The highest BCUT2D eigenvalue weighted by molar-refractivity contribution is 5.96. The van der Waals surface area contributed by atoms with Crippen LogP contribution in [0.25, 0.3) is 16.8 Å². The Bertz CT molecular complexity index is 1620. The van der Waals surface area contributed by atoms with Crippen LogP contribution in [0.1, 0.15) is 30.4 Å². The van der Waals surface area contributed by atoms with Crippen LogP contribution in [0, 0.1) is 5.41 Å². The SMILES string of the molecule is N=C(N)c1cccc(Nc2c(N3CCCC3)ccn(-c3ccc(-c4ccccc4CCN4CCC(O)C4)cc3)c2=O)c1. The van der Waals surface area contributed by atoms with Crippen LogP contribution in [-0.2, 0) is 6.42 Å². The third-order valence-electron chi connectivity index (χ3n) is 8.38. The number of likely N-dealkylation sites (tertiary alicyclic amines) is 1. The van der Waals surface area contributed by atoms with E-state index in [0.717, 1.165) is 75.3 Å². The first-order valence-electron chi connectivity index (χ1n) is 14.8. The summed E-state index contributed by atoms with van der Waals surface area (Å²) in [5, 5.41) is 21.0. The lowest BCUT2D eigenvalue weighted by molar-refractivity contribution is 0.177. The molecule has 5 N–H and O–H groups in total. The van der Waals surface area contributed by atoms with Crippen LogP contribution in [0.3, 0.4) is 0 Å². The summed E-state index contributed by atoms with van der Waals surface area (Å²) in [6.45, 7) is 4.45. The Balaban J connectivity index is 1.29. The molecule has 0 spiro atoms. The van der Waals surface area contributed by atoms with Gasteiger partial charge < -0.3 is 26.0 Å². The molecule has 8 nitrogen and oxygen atoms in total. The van der Waals surface area contributed by atoms with E-state index in [-0.39, 0.29) is 17.5 Å². The van der Waals surface area contributed by atoms with Gasteiger partial charge in [0, 0.05) is 55.9 Å². The number of aliphatic hydroxyl groups excluding tert-OH is 1. The molecule has 1 aromatic heterocycles. The normalized spacial score (nSPS) is 17.1. The zero-order valence-electron chi connectivity index (χ0n) is 23.8. The molecule has 3 heterocycles. The summed E-state index contributed by atoms with van der Waals surface area (Å²) in [6, 6.07) is 25.9. The topological polar surface area (TPSA) is 111 Å². The van der Waals surface area contributed by atoms with Crippen LogP contribution >= 0.6 is 0 Å². The first kappa shape index (κ1) is 27.8. The number of nitrogens with one attached hydrogen (secondary N) is 2. The number of nitrogen functional groups attached to an aromatic ring is 1. The second-order valence-electron chi connectivity index (χ2n) is 11.3. The van der Waals surface area contributed by atoms with Crippen molar-refractivity contribution in [3.8, 4) is 16.8 Å². The van der Waals surface area contributed by atoms with Crippen molar-refractivity contribution in [3.05, 3.63) is 107 Å². The largest absolute Gasteiger partial charge is 0.392 e. The van der Waals surface area contributed by atoms with Crippen LogP contribution in [0.2, 0.25) is 0 Å². The lowest BCUT2D eigenvalue weighted by Crippen LogP contribution is -2.26. The number of aliphatic hydroxyl groups is 1. The van der Waals surface area contributed by atoms with Gasteiger partial charge in [0.15, 0.2) is 0 Å². The number of anilines is 3. The molecule has 2 fully saturated rings. The molecule has 216 valence electrons. The molecule has 0 aliphatic carbocycles. The fourth-order valence-corrected chi connectivity index (χ4v) is 6.09. The van der Waals surface area contributed by atoms with Gasteiger partial charge in [-0.2, -0.15) is 0 Å². The smallest absolute Gasteiger partial charge is 0.280 e. The number of aromatic nitrogens is 1. The predicted molar refractivity (Wildman–Crippen MR) is 170 cm³/mol. The number of pyridine rings is 1. The highest BCUT2D eigenvalue weighted by Gasteiger charge is 2.21. The number of amidine groups is 1. The third kappa shape index (κ3) is 5.95. The Morgan fingerprint density at radius 2 is 1.76 bits per heavy atom. The highest BCUT2D eigenvalue weighted by atomic mass is 16.3. The minimum absolute atomic E-state index is 0.0135. The van der Waals surface area contributed by atoms with E-state index < -0.39 is 0 Å². The fraction of sp³-hybridized carbons (Fsp3) is 0.294. The number of nitrogens with two attached hydrogens (primary N) is 1. The van der Waals surface area contributed by atoms with Crippen LogP contribution in [-0.4, -0.2) is 59.2 Å². The second-order valence-corrected chi connectivity index (χ2v) is 11.3. The van der Waals surface area contributed by atoms with Crippen LogP contribution in [0.5, 0.6) is 0 Å². The van der Waals surface area contributed by atoms with Crippen LogP contribution < -0.4 is 21.5 Å². The Kier molecular flexibility index (Phi) is 8.08. The van der Waals surface area contributed by atoms with Crippen molar-refractivity contribution in [3.63, 3.8) is 0 Å². The monoisotopic (exact) mass is 562 g/mol. The van der Waals surface area contributed by atoms with Gasteiger partial charge in [0.05, 0.1) is 11.8 Å². The molecule has 2 aliphatic heterocycles. The molecule has 6 rings (SSSR count). The van der Waals surface area contributed by atoms with E-state index in [0.29, 0.717) is 16.9 Å². The fourth-order valence-electron chi connectivity index (χ4n) is 6.09. The molecule has 0 bridgehead atoms. The van der Waals surface area contributed by atoms with Crippen molar-refractivity contribution in [2.24, 2.45) is 5.73 Å². The Morgan fingerprint density at radius 1 is 0.976 bits per heavy atom.